The van der Waals surface area contributed by atoms with Crippen molar-refractivity contribution >= 4 is 23.9 Å². The van der Waals surface area contributed by atoms with Crippen LogP contribution in [0, 0.1) is 18.3 Å². The van der Waals surface area contributed by atoms with Gasteiger partial charge in [-0.2, -0.15) is 0 Å². The van der Waals surface area contributed by atoms with E-state index in [1.165, 1.54) is 12.0 Å². The summed E-state index contributed by atoms with van der Waals surface area (Å²) in [5, 5.41) is 5.26. The molecule has 0 aromatic heterocycles. The van der Waals surface area contributed by atoms with Crippen LogP contribution in [0.25, 0.3) is 0 Å². The van der Waals surface area contributed by atoms with Crippen LogP contribution < -0.4 is 10.6 Å². The molecule has 0 spiro atoms. The zero-order valence-corrected chi connectivity index (χ0v) is 23.2. The van der Waals surface area contributed by atoms with Crippen molar-refractivity contribution in [3.8, 4) is 12.3 Å². The number of amides is 3. The summed E-state index contributed by atoms with van der Waals surface area (Å²) in [6.45, 7) is 12.4. The number of carbonyl (C=O) groups is 4. The second-order valence-corrected chi connectivity index (χ2v) is 10.3. The van der Waals surface area contributed by atoms with E-state index in [4.69, 9.17) is 11.2 Å². The third kappa shape index (κ3) is 9.79. The van der Waals surface area contributed by atoms with Crippen molar-refractivity contribution in [2.45, 2.75) is 85.0 Å². The van der Waals surface area contributed by atoms with E-state index in [1.807, 2.05) is 27.7 Å². The van der Waals surface area contributed by atoms with Gasteiger partial charge in [-0.05, 0) is 58.1 Å². The number of hydrogen-bond donors (Lipinski definition) is 2. The first-order chi connectivity index (χ1) is 17.2. The minimum atomic E-state index is -1.16. The van der Waals surface area contributed by atoms with Crippen LogP contribution in [0.5, 0.6) is 0 Å². The molecule has 0 bridgehead atoms. The van der Waals surface area contributed by atoms with E-state index in [0.29, 0.717) is 24.0 Å². The number of esters is 1. The molecule has 0 radical (unpaired) electrons. The van der Waals surface area contributed by atoms with E-state index in [-0.39, 0.29) is 12.5 Å². The number of terminal acetylenes is 1. The largest absolute Gasteiger partial charge is 0.468 e. The van der Waals surface area contributed by atoms with Crippen LogP contribution in [0.2, 0.25) is 0 Å². The fourth-order valence-corrected chi connectivity index (χ4v) is 3.73. The molecule has 0 saturated heterocycles. The maximum atomic E-state index is 14.1. The molecule has 37 heavy (non-hydrogen) atoms. The number of methoxy groups -OCH3 is 1. The maximum absolute atomic E-state index is 14.1. The lowest BCUT2D eigenvalue weighted by atomic mass is 9.94. The standard InChI is InChI=1S/C28H41N3O6/c1-10-19(5)31(26(34)22(16-18(3)4)30-27(35)37-28(6,7)8)24(25(33)29-17-23(32)36-9)21-15-13-12-14-20(21)11-2/h2,12-15,18-19,22,24H,10,16-17H2,1,3-9H3,(H,29,33)(H,30,35). The lowest BCUT2D eigenvalue weighted by molar-refractivity contribution is -0.146. The summed E-state index contributed by atoms with van der Waals surface area (Å²) in [5.74, 6) is 0.936. The highest BCUT2D eigenvalue weighted by molar-refractivity contribution is 5.93. The molecular formula is C28H41N3O6. The van der Waals surface area contributed by atoms with Gasteiger partial charge in [0.25, 0.3) is 0 Å². The first kappa shape index (κ1) is 31.5. The fourth-order valence-electron chi connectivity index (χ4n) is 3.73. The predicted molar refractivity (Wildman–Crippen MR) is 141 cm³/mol. The van der Waals surface area contributed by atoms with Gasteiger partial charge in [-0.1, -0.05) is 44.9 Å². The minimum absolute atomic E-state index is 0.0484. The molecule has 1 aromatic rings. The van der Waals surface area contributed by atoms with E-state index in [1.54, 1.807) is 45.0 Å². The number of ether oxygens (including phenoxy) is 2. The summed E-state index contributed by atoms with van der Waals surface area (Å²) >= 11 is 0. The van der Waals surface area contributed by atoms with Gasteiger partial charge >= 0.3 is 12.1 Å². The zero-order chi connectivity index (χ0) is 28.3. The normalized spacial score (nSPS) is 13.5. The van der Waals surface area contributed by atoms with Crippen LogP contribution >= 0.6 is 0 Å². The summed E-state index contributed by atoms with van der Waals surface area (Å²) in [5.41, 5.74) is 0.109. The third-order valence-electron chi connectivity index (χ3n) is 5.59. The molecule has 0 heterocycles. The molecule has 0 aliphatic rings. The van der Waals surface area contributed by atoms with Gasteiger partial charge < -0.3 is 25.0 Å². The lowest BCUT2D eigenvalue weighted by Gasteiger charge is -2.38. The Hall–Kier alpha value is -3.54. The summed E-state index contributed by atoms with van der Waals surface area (Å²) in [4.78, 5) is 53.5. The highest BCUT2D eigenvalue weighted by Gasteiger charge is 2.39. The van der Waals surface area contributed by atoms with Gasteiger partial charge in [-0.15, -0.1) is 6.42 Å². The molecular weight excluding hydrogens is 474 g/mol. The molecule has 9 nitrogen and oxygen atoms in total. The van der Waals surface area contributed by atoms with Gasteiger partial charge in [0.1, 0.15) is 24.2 Å². The van der Waals surface area contributed by atoms with Crippen molar-refractivity contribution in [1.29, 1.82) is 0 Å². The minimum Gasteiger partial charge on any atom is -0.468 e. The van der Waals surface area contributed by atoms with Crippen LogP contribution in [0.15, 0.2) is 24.3 Å². The molecule has 3 atom stereocenters. The number of hydrogen-bond acceptors (Lipinski definition) is 6. The predicted octanol–water partition coefficient (Wildman–Crippen LogP) is 3.56. The van der Waals surface area contributed by atoms with E-state index in [9.17, 15) is 19.2 Å². The number of nitrogens with zero attached hydrogens (tertiary/aromatic N) is 1. The molecule has 9 heteroatoms. The Balaban J connectivity index is 3.61. The number of alkyl carbamates (subject to hydrolysis) is 1. The average Bonchev–Trinajstić information content (AvgIpc) is 2.82. The topological polar surface area (TPSA) is 114 Å². The first-order valence-corrected chi connectivity index (χ1v) is 12.5. The van der Waals surface area contributed by atoms with Crippen molar-refractivity contribution in [3.63, 3.8) is 0 Å². The third-order valence-corrected chi connectivity index (χ3v) is 5.59. The zero-order valence-electron chi connectivity index (χ0n) is 23.2. The molecule has 0 saturated carbocycles. The van der Waals surface area contributed by atoms with Crippen molar-refractivity contribution < 1.29 is 28.7 Å². The molecule has 0 aliphatic carbocycles. The van der Waals surface area contributed by atoms with Crippen LogP contribution in [-0.4, -0.2) is 60.1 Å². The van der Waals surface area contributed by atoms with E-state index < -0.39 is 47.6 Å². The van der Waals surface area contributed by atoms with Crippen LogP contribution in [0.1, 0.15) is 78.5 Å². The number of carbonyl (C=O) groups excluding carboxylic acids is 4. The molecule has 2 N–H and O–H groups in total. The van der Waals surface area contributed by atoms with Crippen molar-refractivity contribution in [1.82, 2.24) is 15.5 Å². The summed E-state index contributed by atoms with van der Waals surface area (Å²) < 4.78 is 10.0. The Labute approximate surface area is 220 Å². The fraction of sp³-hybridized carbons (Fsp3) is 0.571. The smallest absolute Gasteiger partial charge is 0.408 e. The van der Waals surface area contributed by atoms with Crippen LogP contribution in [0.3, 0.4) is 0 Å². The number of nitrogens with one attached hydrogen (secondary N) is 2. The van der Waals surface area contributed by atoms with Gasteiger partial charge in [0, 0.05) is 11.6 Å². The Morgan fingerprint density at radius 1 is 1.11 bits per heavy atom. The van der Waals surface area contributed by atoms with E-state index >= 15 is 0 Å². The van der Waals surface area contributed by atoms with E-state index in [0.717, 1.165) is 0 Å². The Kier molecular flexibility index (Phi) is 12.1. The highest BCUT2D eigenvalue weighted by Crippen LogP contribution is 2.29. The van der Waals surface area contributed by atoms with Crippen molar-refractivity contribution in [2.75, 3.05) is 13.7 Å². The van der Waals surface area contributed by atoms with E-state index in [2.05, 4.69) is 21.3 Å². The average molecular weight is 516 g/mol. The Morgan fingerprint density at radius 2 is 1.73 bits per heavy atom. The van der Waals surface area contributed by atoms with Crippen molar-refractivity contribution in [2.24, 2.45) is 5.92 Å². The maximum Gasteiger partial charge on any atom is 0.408 e. The van der Waals surface area contributed by atoms with Crippen molar-refractivity contribution in [3.05, 3.63) is 35.4 Å². The Bertz CT molecular complexity index is 992. The SMILES string of the molecule is C#Cc1ccccc1C(C(=O)NCC(=O)OC)N(C(=O)C(CC(C)C)NC(=O)OC(C)(C)C)C(C)CC. The monoisotopic (exact) mass is 515 g/mol. The van der Waals surface area contributed by atoms with Gasteiger partial charge in [0.05, 0.1) is 7.11 Å². The highest BCUT2D eigenvalue weighted by atomic mass is 16.6. The number of benzene rings is 1. The summed E-state index contributed by atoms with van der Waals surface area (Å²) in [6, 6.07) is 4.29. The quantitative estimate of drug-likeness (QED) is 0.344. The Morgan fingerprint density at radius 3 is 2.24 bits per heavy atom. The van der Waals surface area contributed by atoms with Gasteiger partial charge in [-0.25, -0.2) is 4.79 Å². The molecule has 1 rings (SSSR count). The second-order valence-electron chi connectivity index (χ2n) is 10.3. The first-order valence-electron chi connectivity index (χ1n) is 12.5. The van der Waals surface area contributed by atoms with Crippen LogP contribution in [-0.2, 0) is 23.9 Å². The lowest BCUT2D eigenvalue weighted by Crippen LogP contribution is -2.56. The van der Waals surface area contributed by atoms with Crippen LogP contribution in [0.4, 0.5) is 4.79 Å². The molecule has 3 amide bonds. The van der Waals surface area contributed by atoms with Gasteiger partial charge in [0.2, 0.25) is 11.8 Å². The molecule has 3 unspecified atom stereocenters. The molecule has 204 valence electrons. The van der Waals surface area contributed by atoms with Gasteiger partial charge in [0.15, 0.2) is 0 Å². The number of rotatable bonds is 11. The molecule has 0 aliphatic heterocycles. The summed E-state index contributed by atoms with van der Waals surface area (Å²) in [6.07, 6.45) is 5.84. The second kappa shape index (κ2) is 14.3. The molecule has 1 aromatic carbocycles. The van der Waals surface area contributed by atoms with Gasteiger partial charge in [-0.3, -0.25) is 14.4 Å². The molecule has 0 fully saturated rings. The summed E-state index contributed by atoms with van der Waals surface area (Å²) in [7, 11) is 1.22.